The second-order valence-corrected chi connectivity index (χ2v) is 12.1. The maximum absolute atomic E-state index is 6.47. The molecule has 184 valence electrons. The molecule has 1 aromatic heterocycles. The number of hydrogen-bond acceptors (Lipinski definition) is 3. The fraction of sp³-hybridized carbons (Fsp3) is 0.0294. The summed E-state index contributed by atoms with van der Waals surface area (Å²) in [6.07, 6.45) is 2.20. The van der Waals surface area contributed by atoms with Gasteiger partial charge in [0.2, 0.25) is 0 Å². The van der Waals surface area contributed by atoms with Gasteiger partial charge in [-0.2, -0.15) is 0 Å². The normalized spacial score (nSPS) is 15.6. The van der Waals surface area contributed by atoms with E-state index in [2.05, 4.69) is 103 Å². The molecule has 0 saturated carbocycles. The number of para-hydroxylation sites is 2. The van der Waals surface area contributed by atoms with Crippen LogP contribution in [0.4, 0.5) is 0 Å². The zero-order valence-corrected chi connectivity index (χ0v) is 21.9. The molecule has 9 rings (SSSR count). The molecule has 3 aliphatic heterocycles. The van der Waals surface area contributed by atoms with E-state index in [-0.39, 0.29) is 17.2 Å². The second-order valence-electron chi connectivity index (χ2n) is 10.4. The lowest BCUT2D eigenvalue weighted by molar-refractivity contribution is 0.465. The monoisotopic (exact) mass is 520 g/mol. The Bertz CT molecular complexity index is 1970. The van der Waals surface area contributed by atoms with Gasteiger partial charge in [0.25, 0.3) is 6.71 Å². The topological polar surface area (TPSA) is 31.6 Å². The molecule has 3 nitrogen and oxygen atoms in total. The molecule has 0 spiro atoms. The van der Waals surface area contributed by atoms with Crippen LogP contribution in [0.15, 0.2) is 113 Å². The van der Waals surface area contributed by atoms with Crippen LogP contribution in [0.5, 0.6) is 23.0 Å². The fourth-order valence-electron chi connectivity index (χ4n) is 6.21. The number of hydrogen-bond donors (Lipinski definition) is 0. The average Bonchev–Trinajstić information content (AvgIpc) is 3.28. The van der Waals surface area contributed by atoms with Gasteiger partial charge >= 0.3 is 0 Å². The third-order valence-corrected chi connectivity index (χ3v) is 9.60. The molecule has 0 aliphatic carbocycles. The van der Waals surface area contributed by atoms with Crippen LogP contribution in [0.1, 0.15) is 5.56 Å². The van der Waals surface area contributed by atoms with Crippen molar-refractivity contribution in [3.8, 4) is 45.3 Å². The zero-order valence-electron chi connectivity index (χ0n) is 21.1. The van der Waals surface area contributed by atoms with Gasteiger partial charge in [-0.1, -0.05) is 66.7 Å². The lowest BCUT2D eigenvalue weighted by Crippen LogP contribution is -2.57. The highest BCUT2D eigenvalue weighted by Crippen LogP contribution is 2.43. The molecule has 0 fully saturated rings. The van der Waals surface area contributed by atoms with Gasteiger partial charge in [0, 0.05) is 16.4 Å². The maximum Gasteiger partial charge on any atom is 0.260 e. The molecule has 0 amide bonds. The molecule has 5 heteroatoms. The summed E-state index contributed by atoms with van der Waals surface area (Å²) in [5.74, 6) is 3.53. The van der Waals surface area contributed by atoms with Crippen LogP contribution in [-0.4, -0.2) is 18.3 Å². The maximum atomic E-state index is 6.47. The van der Waals surface area contributed by atoms with Crippen LogP contribution in [0, 0.1) is 0 Å². The van der Waals surface area contributed by atoms with Crippen LogP contribution >= 0.6 is 10.5 Å². The number of benzene rings is 5. The first-order chi connectivity index (χ1) is 19.2. The number of rotatable bonds is 2. The summed E-state index contributed by atoms with van der Waals surface area (Å²) in [7, 11) is 0.136. The number of fused-ring (bicyclic) bond motifs is 7. The van der Waals surface area contributed by atoms with Crippen molar-refractivity contribution >= 4 is 49.9 Å². The van der Waals surface area contributed by atoms with E-state index in [1.54, 1.807) is 0 Å². The summed E-state index contributed by atoms with van der Waals surface area (Å²) in [4.78, 5) is 0. The molecule has 0 bridgehead atoms. The predicted molar refractivity (Wildman–Crippen MR) is 162 cm³/mol. The fourth-order valence-corrected chi connectivity index (χ4v) is 7.46. The van der Waals surface area contributed by atoms with E-state index in [0.717, 1.165) is 50.3 Å². The van der Waals surface area contributed by atoms with Crippen molar-refractivity contribution in [2.45, 2.75) is 5.09 Å². The molecule has 39 heavy (non-hydrogen) atoms. The largest absolute Gasteiger partial charge is 0.458 e. The first kappa shape index (κ1) is 21.5. The van der Waals surface area contributed by atoms with E-state index >= 15 is 0 Å². The molecular formula is C34H21BO3S. The van der Waals surface area contributed by atoms with Crippen LogP contribution in [0.3, 0.4) is 0 Å². The molecule has 0 N–H and O–H groups in total. The van der Waals surface area contributed by atoms with Crippen LogP contribution < -0.4 is 25.9 Å². The highest BCUT2D eigenvalue weighted by molar-refractivity contribution is 8.16. The standard InChI is InChI=1S/C34H21BO3S/c1-39-19-25-24-16-22(14-15-28(24)38-34(25)39)20-10-12-21(13-11-20)23-17-31-33-32(18-23)37-30-9-5-3-7-27(30)35(33)26-6-2-4-8-29(26)36-31/h2-19H,1H3. The summed E-state index contributed by atoms with van der Waals surface area (Å²) < 4.78 is 19.0. The van der Waals surface area contributed by atoms with Gasteiger partial charge in [0.05, 0.1) is 0 Å². The van der Waals surface area contributed by atoms with Crippen molar-refractivity contribution in [2.24, 2.45) is 0 Å². The summed E-state index contributed by atoms with van der Waals surface area (Å²) in [5.41, 5.74) is 10.3. The van der Waals surface area contributed by atoms with Gasteiger partial charge in [0.15, 0.2) is 5.09 Å². The first-order valence-corrected chi connectivity index (χ1v) is 14.8. The Morgan fingerprint density at radius 3 is 1.82 bits per heavy atom. The van der Waals surface area contributed by atoms with Crippen molar-refractivity contribution in [1.82, 2.24) is 0 Å². The molecule has 0 saturated heterocycles. The SMILES string of the molecule is CS1=Cc2c1oc1ccc(-c3ccc(-c4cc5c6c(c4)Oc4ccccc4B6c4ccccc4O5)cc3)cc21. The van der Waals surface area contributed by atoms with Gasteiger partial charge in [-0.25, -0.2) is 0 Å². The van der Waals surface area contributed by atoms with E-state index in [1.807, 2.05) is 12.1 Å². The Kier molecular flexibility index (Phi) is 4.28. The van der Waals surface area contributed by atoms with E-state index in [1.165, 1.54) is 33.0 Å². The Labute approximate surface area is 228 Å². The second kappa shape index (κ2) is 7.78. The van der Waals surface area contributed by atoms with Crippen LogP contribution in [0.2, 0.25) is 0 Å². The highest BCUT2D eigenvalue weighted by Gasteiger charge is 2.40. The lowest BCUT2D eigenvalue weighted by Gasteiger charge is -2.33. The van der Waals surface area contributed by atoms with E-state index < -0.39 is 0 Å². The van der Waals surface area contributed by atoms with Gasteiger partial charge < -0.3 is 13.9 Å². The van der Waals surface area contributed by atoms with Gasteiger partial charge in [0.1, 0.15) is 28.6 Å². The average molecular weight is 520 g/mol. The molecular weight excluding hydrogens is 499 g/mol. The van der Waals surface area contributed by atoms with Crippen molar-refractivity contribution in [1.29, 1.82) is 0 Å². The molecule has 1 atom stereocenters. The summed E-state index contributed by atoms with van der Waals surface area (Å²) in [6.45, 7) is 0.0946. The first-order valence-electron chi connectivity index (χ1n) is 13.1. The summed E-state index contributed by atoms with van der Waals surface area (Å²) in [5, 5.41) is 4.64. The molecule has 3 aliphatic rings. The molecule has 0 radical (unpaired) electrons. The summed E-state index contributed by atoms with van der Waals surface area (Å²) in [6, 6.07) is 36.2. The van der Waals surface area contributed by atoms with E-state index in [0.29, 0.717) is 0 Å². The smallest absolute Gasteiger partial charge is 0.260 e. The van der Waals surface area contributed by atoms with Crippen molar-refractivity contribution in [3.63, 3.8) is 0 Å². The zero-order chi connectivity index (χ0) is 25.7. The quantitative estimate of drug-likeness (QED) is 0.183. The van der Waals surface area contributed by atoms with Gasteiger partial charge in [-0.15, -0.1) is 10.5 Å². The third-order valence-electron chi connectivity index (χ3n) is 8.12. The van der Waals surface area contributed by atoms with Crippen molar-refractivity contribution in [3.05, 3.63) is 109 Å². The molecule has 4 heterocycles. The summed E-state index contributed by atoms with van der Waals surface area (Å²) >= 11 is 0. The number of furan rings is 1. The Morgan fingerprint density at radius 2 is 1.18 bits per heavy atom. The van der Waals surface area contributed by atoms with Crippen molar-refractivity contribution in [2.75, 3.05) is 6.26 Å². The Morgan fingerprint density at radius 1 is 0.590 bits per heavy atom. The van der Waals surface area contributed by atoms with E-state index in [9.17, 15) is 0 Å². The molecule has 5 aromatic carbocycles. The van der Waals surface area contributed by atoms with Crippen LogP contribution in [0.25, 0.3) is 33.2 Å². The minimum Gasteiger partial charge on any atom is -0.458 e. The molecule has 6 aromatic rings. The van der Waals surface area contributed by atoms with Crippen LogP contribution in [-0.2, 0) is 0 Å². The predicted octanol–water partition coefficient (Wildman–Crippen LogP) is 6.92. The minimum absolute atomic E-state index is 0.0946. The van der Waals surface area contributed by atoms with Gasteiger partial charge in [-0.3, -0.25) is 0 Å². The third kappa shape index (κ3) is 3.05. The van der Waals surface area contributed by atoms with Gasteiger partial charge in [-0.05, 0) is 81.2 Å². The number of ether oxygens (including phenoxy) is 2. The highest BCUT2D eigenvalue weighted by atomic mass is 32.2. The van der Waals surface area contributed by atoms with E-state index in [4.69, 9.17) is 13.9 Å². The lowest BCUT2D eigenvalue weighted by atomic mass is 9.35. The molecule has 1 unspecified atom stereocenters. The minimum atomic E-state index is 0.0946. The Hall–Kier alpha value is -4.48. The van der Waals surface area contributed by atoms with Crippen molar-refractivity contribution < 1.29 is 13.9 Å². The Balaban J connectivity index is 1.13.